The van der Waals surface area contributed by atoms with Crippen molar-refractivity contribution in [3.63, 3.8) is 0 Å². The Bertz CT molecular complexity index is 225. The molecule has 0 aromatic heterocycles. The van der Waals surface area contributed by atoms with Crippen molar-refractivity contribution >= 4 is 5.78 Å². The van der Waals surface area contributed by atoms with Crippen LogP contribution in [0.25, 0.3) is 0 Å². The molecule has 0 heterocycles. The SMILES string of the molecule is CCC1CCC(C(=O)CC(C)(C)OC)CC1. The minimum atomic E-state index is -0.293. The van der Waals surface area contributed by atoms with E-state index >= 15 is 0 Å². The predicted molar refractivity (Wildman–Crippen MR) is 66.5 cm³/mol. The van der Waals surface area contributed by atoms with E-state index in [1.54, 1.807) is 7.11 Å². The highest BCUT2D eigenvalue weighted by Gasteiger charge is 2.29. The summed E-state index contributed by atoms with van der Waals surface area (Å²) in [6.45, 7) is 6.23. The average Bonchev–Trinajstić information content (AvgIpc) is 2.28. The van der Waals surface area contributed by atoms with E-state index in [0.29, 0.717) is 18.1 Å². The Kier molecular flexibility index (Phi) is 4.97. The molecule has 0 aromatic carbocycles. The van der Waals surface area contributed by atoms with Crippen molar-refractivity contribution in [3.05, 3.63) is 0 Å². The highest BCUT2D eigenvalue weighted by atomic mass is 16.5. The second-order valence-electron chi connectivity index (χ2n) is 5.73. The molecule has 0 aromatic rings. The zero-order valence-corrected chi connectivity index (χ0v) is 11.2. The summed E-state index contributed by atoms with van der Waals surface area (Å²) in [7, 11) is 1.68. The van der Waals surface area contributed by atoms with Gasteiger partial charge in [-0.2, -0.15) is 0 Å². The van der Waals surface area contributed by atoms with Gasteiger partial charge in [0.1, 0.15) is 5.78 Å². The number of hydrogen-bond donors (Lipinski definition) is 0. The molecule has 0 saturated heterocycles. The largest absolute Gasteiger partial charge is 0.378 e. The lowest BCUT2D eigenvalue weighted by Crippen LogP contribution is -2.31. The summed E-state index contributed by atoms with van der Waals surface area (Å²) >= 11 is 0. The Balaban J connectivity index is 2.39. The third-order valence-electron chi connectivity index (χ3n) is 4.03. The smallest absolute Gasteiger partial charge is 0.138 e. The molecule has 1 fully saturated rings. The fourth-order valence-corrected chi connectivity index (χ4v) is 2.53. The van der Waals surface area contributed by atoms with Crippen molar-refractivity contribution in [2.24, 2.45) is 11.8 Å². The molecular formula is C14H26O2. The van der Waals surface area contributed by atoms with Gasteiger partial charge in [-0.15, -0.1) is 0 Å². The molecule has 0 spiro atoms. The number of hydrogen-bond acceptors (Lipinski definition) is 2. The third kappa shape index (κ3) is 3.89. The van der Waals surface area contributed by atoms with Gasteiger partial charge in [-0.05, 0) is 45.4 Å². The zero-order valence-electron chi connectivity index (χ0n) is 11.2. The molecule has 94 valence electrons. The fourth-order valence-electron chi connectivity index (χ4n) is 2.53. The van der Waals surface area contributed by atoms with Crippen LogP contribution < -0.4 is 0 Å². The highest BCUT2D eigenvalue weighted by Crippen LogP contribution is 2.32. The van der Waals surface area contributed by atoms with E-state index in [0.717, 1.165) is 18.8 Å². The van der Waals surface area contributed by atoms with Crippen molar-refractivity contribution in [1.29, 1.82) is 0 Å². The van der Waals surface area contributed by atoms with E-state index in [4.69, 9.17) is 4.74 Å². The molecule has 16 heavy (non-hydrogen) atoms. The first kappa shape index (κ1) is 13.7. The lowest BCUT2D eigenvalue weighted by atomic mass is 9.77. The van der Waals surface area contributed by atoms with Crippen molar-refractivity contribution in [1.82, 2.24) is 0 Å². The van der Waals surface area contributed by atoms with E-state index < -0.39 is 0 Å². The summed E-state index contributed by atoms with van der Waals surface area (Å²) in [6, 6.07) is 0. The summed E-state index contributed by atoms with van der Waals surface area (Å²) in [5.41, 5.74) is -0.293. The Morgan fingerprint density at radius 2 is 1.81 bits per heavy atom. The molecule has 1 saturated carbocycles. The van der Waals surface area contributed by atoms with Crippen molar-refractivity contribution in [2.45, 2.75) is 64.9 Å². The summed E-state index contributed by atoms with van der Waals surface area (Å²) in [6.07, 6.45) is 6.49. The van der Waals surface area contributed by atoms with E-state index in [-0.39, 0.29) is 5.60 Å². The average molecular weight is 226 g/mol. The second kappa shape index (κ2) is 5.81. The second-order valence-corrected chi connectivity index (χ2v) is 5.73. The fraction of sp³-hybridized carbons (Fsp3) is 0.929. The van der Waals surface area contributed by atoms with Crippen LogP contribution >= 0.6 is 0 Å². The Morgan fingerprint density at radius 3 is 2.25 bits per heavy atom. The van der Waals surface area contributed by atoms with Crippen molar-refractivity contribution in [3.8, 4) is 0 Å². The molecule has 0 unspecified atom stereocenters. The minimum absolute atomic E-state index is 0.293. The van der Waals surface area contributed by atoms with Crippen LogP contribution in [0, 0.1) is 11.8 Å². The molecule has 0 atom stereocenters. The Morgan fingerprint density at radius 1 is 1.25 bits per heavy atom. The topological polar surface area (TPSA) is 26.3 Å². The van der Waals surface area contributed by atoms with Crippen LogP contribution in [0.3, 0.4) is 0 Å². The molecule has 0 N–H and O–H groups in total. The van der Waals surface area contributed by atoms with Crippen LogP contribution in [0.4, 0.5) is 0 Å². The quantitative estimate of drug-likeness (QED) is 0.716. The number of ether oxygens (including phenoxy) is 1. The highest BCUT2D eigenvalue weighted by molar-refractivity contribution is 5.81. The maximum absolute atomic E-state index is 12.1. The molecule has 0 amide bonds. The van der Waals surface area contributed by atoms with Gasteiger partial charge >= 0.3 is 0 Å². The molecule has 2 heteroatoms. The number of ketones is 1. The Labute approximate surface area is 99.8 Å². The van der Waals surface area contributed by atoms with Crippen molar-refractivity contribution in [2.75, 3.05) is 7.11 Å². The maximum atomic E-state index is 12.1. The molecule has 0 aliphatic heterocycles. The van der Waals surface area contributed by atoms with E-state index in [2.05, 4.69) is 6.92 Å². The Hall–Kier alpha value is -0.370. The van der Waals surface area contributed by atoms with Gasteiger partial charge in [0, 0.05) is 19.4 Å². The lowest BCUT2D eigenvalue weighted by Gasteiger charge is -2.29. The van der Waals surface area contributed by atoms with Crippen LogP contribution in [-0.2, 0) is 9.53 Å². The molecule has 1 rings (SSSR count). The summed E-state index contributed by atoms with van der Waals surface area (Å²) in [4.78, 5) is 12.1. The number of Topliss-reactive ketones (excluding diaryl/α,β-unsaturated/α-hetero) is 1. The third-order valence-corrected chi connectivity index (χ3v) is 4.03. The number of carbonyl (C=O) groups is 1. The van der Waals surface area contributed by atoms with Gasteiger partial charge < -0.3 is 4.74 Å². The molecule has 0 radical (unpaired) electrons. The van der Waals surface area contributed by atoms with Gasteiger partial charge in [0.25, 0.3) is 0 Å². The van der Waals surface area contributed by atoms with Gasteiger partial charge in [-0.3, -0.25) is 4.79 Å². The molecule has 2 nitrogen and oxygen atoms in total. The zero-order chi connectivity index (χ0) is 12.2. The molecule has 0 bridgehead atoms. The van der Waals surface area contributed by atoms with Gasteiger partial charge in [-0.25, -0.2) is 0 Å². The predicted octanol–water partition coefficient (Wildman–Crippen LogP) is 3.59. The van der Waals surface area contributed by atoms with Crippen LogP contribution in [-0.4, -0.2) is 18.5 Å². The van der Waals surface area contributed by atoms with Crippen molar-refractivity contribution < 1.29 is 9.53 Å². The first-order chi connectivity index (χ1) is 7.48. The molecule has 1 aliphatic rings. The monoisotopic (exact) mass is 226 g/mol. The summed E-state index contributed by atoms with van der Waals surface area (Å²) < 4.78 is 5.32. The molecular weight excluding hydrogens is 200 g/mol. The number of rotatable bonds is 5. The van der Waals surface area contributed by atoms with Crippen LogP contribution in [0.5, 0.6) is 0 Å². The van der Waals surface area contributed by atoms with E-state index in [1.807, 2.05) is 13.8 Å². The van der Waals surface area contributed by atoms with Gasteiger partial charge in [0.05, 0.1) is 5.60 Å². The van der Waals surface area contributed by atoms with E-state index in [1.165, 1.54) is 19.3 Å². The lowest BCUT2D eigenvalue weighted by molar-refractivity contribution is -0.129. The first-order valence-electron chi connectivity index (χ1n) is 6.56. The minimum Gasteiger partial charge on any atom is -0.378 e. The van der Waals surface area contributed by atoms with Gasteiger partial charge in [-0.1, -0.05) is 13.3 Å². The van der Waals surface area contributed by atoms with Gasteiger partial charge in [0.15, 0.2) is 0 Å². The maximum Gasteiger partial charge on any atom is 0.138 e. The summed E-state index contributed by atoms with van der Waals surface area (Å²) in [5, 5.41) is 0. The standard InChI is InChI=1S/C14H26O2/c1-5-11-6-8-12(9-7-11)13(15)10-14(2,3)16-4/h11-12H,5-10H2,1-4H3. The summed E-state index contributed by atoms with van der Waals surface area (Å²) in [5.74, 6) is 1.57. The molecule has 1 aliphatic carbocycles. The van der Waals surface area contributed by atoms with Crippen LogP contribution in [0.15, 0.2) is 0 Å². The van der Waals surface area contributed by atoms with Crippen LogP contribution in [0.2, 0.25) is 0 Å². The van der Waals surface area contributed by atoms with Crippen LogP contribution in [0.1, 0.15) is 59.3 Å². The number of carbonyl (C=O) groups excluding carboxylic acids is 1. The van der Waals surface area contributed by atoms with E-state index in [9.17, 15) is 4.79 Å². The first-order valence-corrected chi connectivity index (χ1v) is 6.56. The van der Waals surface area contributed by atoms with Gasteiger partial charge in [0.2, 0.25) is 0 Å². The normalized spacial score (nSPS) is 26.8. The number of methoxy groups -OCH3 is 1.